The fourth-order valence-corrected chi connectivity index (χ4v) is 2.31. The van der Waals surface area contributed by atoms with Gasteiger partial charge in [0.25, 0.3) is 0 Å². The van der Waals surface area contributed by atoms with Crippen LogP contribution in [0.2, 0.25) is 0 Å². The molecule has 0 atom stereocenters. The SMILES string of the molecule is Cc1nc(N(C)c2ccc3c(c2)OCCO3)ccc1Br. The largest absolute Gasteiger partial charge is 0.486 e. The van der Waals surface area contributed by atoms with Crippen LogP contribution in [-0.2, 0) is 0 Å². The number of halogens is 1. The molecule has 20 heavy (non-hydrogen) atoms. The van der Waals surface area contributed by atoms with Crippen molar-refractivity contribution >= 4 is 27.4 Å². The van der Waals surface area contributed by atoms with Crippen LogP contribution < -0.4 is 14.4 Å². The van der Waals surface area contributed by atoms with Gasteiger partial charge in [0.1, 0.15) is 19.0 Å². The maximum Gasteiger partial charge on any atom is 0.163 e. The van der Waals surface area contributed by atoms with E-state index in [9.17, 15) is 0 Å². The molecule has 2 heterocycles. The Balaban J connectivity index is 1.93. The lowest BCUT2D eigenvalue weighted by Gasteiger charge is -2.23. The molecule has 0 fully saturated rings. The highest BCUT2D eigenvalue weighted by molar-refractivity contribution is 9.10. The van der Waals surface area contributed by atoms with Crippen molar-refractivity contribution in [3.05, 3.63) is 40.5 Å². The molecule has 0 aliphatic carbocycles. The Hall–Kier alpha value is -1.75. The summed E-state index contributed by atoms with van der Waals surface area (Å²) in [5.41, 5.74) is 1.98. The van der Waals surface area contributed by atoms with Gasteiger partial charge in [0.05, 0.1) is 5.69 Å². The monoisotopic (exact) mass is 334 g/mol. The molecule has 3 rings (SSSR count). The molecule has 1 aliphatic heterocycles. The molecule has 1 aromatic heterocycles. The number of hydrogen-bond donors (Lipinski definition) is 0. The molecule has 0 saturated carbocycles. The van der Waals surface area contributed by atoms with E-state index in [4.69, 9.17) is 9.47 Å². The third-order valence-electron chi connectivity index (χ3n) is 3.26. The van der Waals surface area contributed by atoms with E-state index in [-0.39, 0.29) is 0 Å². The van der Waals surface area contributed by atoms with Crippen LogP contribution in [0.15, 0.2) is 34.8 Å². The first kappa shape index (κ1) is 13.2. The summed E-state index contributed by atoms with van der Waals surface area (Å²) in [7, 11) is 1.99. The first-order valence-corrected chi connectivity index (χ1v) is 7.21. The topological polar surface area (TPSA) is 34.6 Å². The second-order valence-electron chi connectivity index (χ2n) is 4.62. The number of rotatable bonds is 2. The molecule has 0 spiro atoms. The van der Waals surface area contributed by atoms with E-state index < -0.39 is 0 Å². The molecule has 0 saturated heterocycles. The fourth-order valence-electron chi connectivity index (χ4n) is 2.09. The van der Waals surface area contributed by atoms with Crippen molar-refractivity contribution in [2.24, 2.45) is 0 Å². The van der Waals surface area contributed by atoms with Crippen molar-refractivity contribution in [3.63, 3.8) is 0 Å². The van der Waals surface area contributed by atoms with Crippen LogP contribution in [0.5, 0.6) is 11.5 Å². The van der Waals surface area contributed by atoms with Gasteiger partial charge in [-0.15, -0.1) is 0 Å². The number of ether oxygens (including phenoxy) is 2. The highest BCUT2D eigenvalue weighted by Crippen LogP contribution is 2.35. The Labute approximate surface area is 126 Å². The summed E-state index contributed by atoms with van der Waals surface area (Å²) >= 11 is 3.47. The average molecular weight is 335 g/mol. The van der Waals surface area contributed by atoms with Gasteiger partial charge < -0.3 is 14.4 Å². The molecule has 1 aliphatic rings. The number of pyridine rings is 1. The molecular formula is C15H15BrN2O2. The van der Waals surface area contributed by atoms with Gasteiger partial charge >= 0.3 is 0 Å². The van der Waals surface area contributed by atoms with E-state index in [2.05, 4.69) is 20.9 Å². The number of aromatic nitrogens is 1. The van der Waals surface area contributed by atoms with E-state index in [1.54, 1.807) is 0 Å². The second kappa shape index (κ2) is 5.32. The van der Waals surface area contributed by atoms with Crippen molar-refractivity contribution in [2.45, 2.75) is 6.92 Å². The molecule has 4 nitrogen and oxygen atoms in total. The first-order valence-electron chi connectivity index (χ1n) is 6.41. The van der Waals surface area contributed by atoms with Crippen LogP contribution in [-0.4, -0.2) is 25.2 Å². The lowest BCUT2D eigenvalue weighted by atomic mass is 10.2. The lowest BCUT2D eigenvalue weighted by Crippen LogP contribution is -2.16. The van der Waals surface area contributed by atoms with Crippen molar-refractivity contribution < 1.29 is 9.47 Å². The maximum absolute atomic E-state index is 5.61. The predicted octanol–water partition coefficient (Wildman–Crippen LogP) is 3.69. The molecular weight excluding hydrogens is 320 g/mol. The highest BCUT2D eigenvalue weighted by atomic mass is 79.9. The maximum atomic E-state index is 5.61. The van der Waals surface area contributed by atoms with Crippen LogP contribution in [0.1, 0.15) is 5.69 Å². The molecule has 0 N–H and O–H groups in total. The molecule has 0 radical (unpaired) electrons. The summed E-state index contributed by atoms with van der Waals surface area (Å²) in [5, 5.41) is 0. The quantitative estimate of drug-likeness (QED) is 0.838. The average Bonchev–Trinajstić information content (AvgIpc) is 2.49. The van der Waals surface area contributed by atoms with Gasteiger partial charge in [-0.2, -0.15) is 0 Å². The van der Waals surface area contributed by atoms with Gasteiger partial charge in [0, 0.05) is 23.3 Å². The Kier molecular flexibility index (Phi) is 3.53. The zero-order valence-electron chi connectivity index (χ0n) is 11.4. The van der Waals surface area contributed by atoms with Crippen LogP contribution >= 0.6 is 15.9 Å². The van der Waals surface area contributed by atoms with Crippen molar-refractivity contribution in [1.29, 1.82) is 0 Å². The Morgan fingerprint density at radius 2 is 1.85 bits per heavy atom. The summed E-state index contributed by atoms with van der Waals surface area (Å²) < 4.78 is 12.2. The summed E-state index contributed by atoms with van der Waals surface area (Å²) in [6, 6.07) is 9.91. The normalized spacial score (nSPS) is 13.2. The Morgan fingerprint density at radius 1 is 1.10 bits per heavy atom. The van der Waals surface area contributed by atoms with Crippen molar-refractivity contribution in [3.8, 4) is 11.5 Å². The lowest BCUT2D eigenvalue weighted by molar-refractivity contribution is 0.171. The number of fused-ring (bicyclic) bond motifs is 1. The summed E-state index contributed by atoms with van der Waals surface area (Å²) in [6.07, 6.45) is 0. The van der Waals surface area contributed by atoms with Gasteiger partial charge in [0.2, 0.25) is 0 Å². The molecule has 1 aromatic carbocycles. The smallest absolute Gasteiger partial charge is 0.163 e. The third-order valence-corrected chi connectivity index (χ3v) is 4.10. The summed E-state index contributed by atoms with van der Waals surface area (Å²) in [6.45, 7) is 3.18. The highest BCUT2D eigenvalue weighted by Gasteiger charge is 2.14. The van der Waals surface area contributed by atoms with Crippen LogP contribution in [0.4, 0.5) is 11.5 Å². The number of aryl methyl sites for hydroxylation is 1. The summed E-state index contributed by atoms with van der Waals surface area (Å²) in [4.78, 5) is 6.59. The van der Waals surface area contributed by atoms with Gasteiger partial charge in [-0.1, -0.05) is 0 Å². The Morgan fingerprint density at radius 3 is 2.60 bits per heavy atom. The van der Waals surface area contributed by atoms with Gasteiger partial charge in [-0.25, -0.2) is 4.98 Å². The zero-order chi connectivity index (χ0) is 14.1. The number of anilines is 2. The molecule has 5 heteroatoms. The van der Waals surface area contributed by atoms with E-state index >= 15 is 0 Å². The molecule has 104 valence electrons. The molecule has 0 bridgehead atoms. The third kappa shape index (κ3) is 2.45. The Bertz CT molecular complexity index is 646. The molecule has 0 unspecified atom stereocenters. The minimum Gasteiger partial charge on any atom is -0.486 e. The van der Waals surface area contributed by atoms with Crippen molar-refractivity contribution in [1.82, 2.24) is 4.98 Å². The number of nitrogens with zero attached hydrogens (tertiary/aromatic N) is 2. The summed E-state index contributed by atoms with van der Waals surface area (Å²) in [5.74, 6) is 2.48. The zero-order valence-corrected chi connectivity index (χ0v) is 13.0. The van der Waals surface area contributed by atoms with E-state index in [0.717, 1.165) is 33.2 Å². The van der Waals surface area contributed by atoms with Crippen LogP contribution in [0, 0.1) is 6.92 Å². The van der Waals surface area contributed by atoms with Crippen LogP contribution in [0.3, 0.4) is 0 Å². The number of benzene rings is 1. The van der Waals surface area contributed by atoms with Gasteiger partial charge in [0.15, 0.2) is 11.5 Å². The number of hydrogen-bond acceptors (Lipinski definition) is 4. The van der Waals surface area contributed by atoms with Gasteiger partial charge in [-0.05, 0) is 47.1 Å². The molecule has 0 amide bonds. The van der Waals surface area contributed by atoms with E-state index in [1.807, 2.05) is 49.2 Å². The van der Waals surface area contributed by atoms with Crippen molar-refractivity contribution in [2.75, 3.05) is 25.2 Å². The van der Waals surface area contributed by atoms with E-state index in [1.165, 1.54) is 0 Å². The second-order valence-corrected chi connectivity index (χ2v) is 5.48. The van der Waals surface area contributed by atoms with E-state index in [0.29, 0.717) is 13.2 Å². The predicted molar refractivity (Wildman–Crippen MR) is 82.2 cm³/mol. The minimum atomic E-state index is 0.593. The standard InChI is InChI=1S/C15H15BrN2O2/c1-10-12(16)4-6-15(17-10)18(2)11-3-5-13-14(9-11)20-8-7-19-13/h3-6,9H,7-8H2,1-2H3. The van der Waals surface area contributed by atoms with Crippen LogP contribution in [0.25, 0.3) is 0 Å². The minimum absolute atomic E-state index is 0.593. The fraction of sp³-hybridized carbons (Fsp3) is 0.267. The molecule has 2 aromatic rings. The van der Waals surface area contributed by atoms with Gasteiger partial charge in [-0.3, -0.25) is 0 Å². The first-order chi connectivity index (χ1) is 9.65.